The van der Waals surface area contributed by atoms with Gasteiger partial charge in [-0.15, -0.1) is 0 Å². The molecule has 0 aromatic heterocycles. The smallest absolute Gasteiger partial charge is 0.526 e. The number of nitrogens with one attached hydrogen (secondary N) is 1. The molecule has 10 heteroatoms. The number of likely N-dealkylation sites (tertiary alicyclic amines) is 1. The molecule has 28 heavy (non-hydrogen) atoms. The summed E-state index contributed by atoms with van der Waals surface area (Å²) >= 11 is 0. The van der Waals surface area contributed by atoms with Gasteiger partial charge in [0, 0.05) is 12.4 Å². The van der Waals surface area contributed by atoms with E-state index in [1.807, 2.05) is 0 Å². The topological polar surface area (TPSA) is 129 Å². The molecule has 1 saturated carbocycles. The van der Waals surface area contributed by atoms with Crippen LogP contribution in [0.3, 0.4) is 0 Å². The Hall–Kier alpha value is -2.30. The molecule has 4 N–H and O–H groups in total. The van der Waals surface area contributed by atoms with E-state index in [4.69, 9.17) is 10.8 Å². The van der Waals surface area contributed by atoms with Crippen LogP contribution in [0.1, 0.15) is 34.7 Å². The summed E-state index contributed by atoms with van der Waals surface area (Å²) in [7, 11) is -0.992. The second-order valence-electron chi connectivity index (χ2n) is 7.98. The third-order valence-electron chi connectivity index (χ3n) is 6.05. The molecule has 5 rings (SSSR count). The van der Waals surface area contributed by atoms with E-state index < -0.39 is 13.1 Å². The zero-order valence-electron chi connectivity index (χ0n) is 16.0. The zero-order chi connectivity index (χ0) is 20.3. The molecule has 3 aliphatic heterocycles. The molecule has 2 saturated heterocycles. The molecule has 3 heterocycles. The Morgan fingerprint density at radius 1 is 1.36 bits per heavy atom. The summed E-state index contributed by atoms with van der Waals surface area (Å²) in [4.78, 5) is 26.0. The first-order valence-corrected chi connectivity index (χ1v) is 9.52. The summed E-state index contributed by atoms with van der Waals surface area (Å²) in [5.74, 6) is -0.711. The highest BCUT2D eigenvalue weighted by Crippen LogP contribution is 2.60. The van der Waals surface area contributed by atoms with Gasteiger partial charge in [0.15, 0.2) is 0 Å². The number of β-amino-alcohol motifs (C(OH)–C–C–N with tert-alkyl or cyclic N) is 1. The van der Waals surface area contributed by atoms with Crippen molar-refractivity contribution in [2.24, 2.45) is 0 Å². The van der Waals surface area contributed by atoms with Crippen molar-refractivity contribution in [3.63, 3.8) is 0 Å². The quantitative estimate of drug-likeness (QED) is 0.493. The first-order valence-electron chi connectivity index (χ1n) is 9.92. The number of carbonyl (C=O) groups is 2. The predicted molar refractivity (Wildman–Crippen MR) is 96.5 cm³/mol. The summed E-state index contributed by atoms with van der Waals surface area (Å²) in [5, 5.41) is 27.3. The lowest BCUT2D eigenvalue weighted by atomic mass is 9.77. The number of benzene rings is 1. The number of carbonyl (C=O) groups excluding carboxylic acids is 1. The van der Waals surface area contributed by atoms with Gasteiger partial charge in [0.25, 0.3) is 0 Å². The molecule has 0 spiro atoms. The van der Waals surface area contributed by atoms with E-state index in [1.54, 1.807) is 17.0 Å². The van der Waals surface area contributed by atoms with Crippen LogP contribution in [0.25, 0.3) is 0 Å². The molecule has 9 nitrogen and oxygen atoms in total. The maximum absolute atomic E-state index is 12.5. The average Bonchev–Trinajstić information content (AvgIpc) is 3.33. The number of hydrogen-bond donors (Lipinski definition) is 4. The summed E-state index contributed by atoms with van der Waals surface area (Å²) in [5.41, 5.74) is 0.721. The van der Waals surface area contributed by atoms with Crippen LogP contribution in [0.4, 0.5) is 0 Å². The molecule has 0 unspecified atom stereocenters. The lowest BCUT2D eigenvalue weighted by Crippen LogP contribution is -2.59. The minimum absolute atomic E-state index is 0.0337. The van der Waals surface area contributed by atoms with Crippen LogP contribution in [-0.4, -0.2) is 78.4 Å². The fourth-order valence-electron chi connectivity index (χ4n) is 4.38. The van der Waals surface area contributed by atoms with Gasteiger partial charge in [0.1, 0.15) is 23.2 Å². The number of aliphatic hydroxyl groups is 1. The highest BCUT2D eigenvalue weighted by atomic mass is 16.5. The number of fused-ring (bicyclic) bond motifs is 3. The first kappa shape index (κ1) is 16.6. The maximum atomic E-state index is 12.5. The van der Waals surface area contributed by atoms with Crippen LogP contribution in [0.2, 0.25) is 5.82 Å². The monoisotopic (exact) mass is 389 g/mol. The van der Waals surface area contributed by atoms with Crippen LogP contribution in [-0.2, 0) is 4.79 Å². The molecule has 1 aliphatic carbocycles. The van der Waals surface area contributed by atoms with Gasteiger partial charge in [-0.25, -0.2) is 4.79 Å². The lowest BCUT2D eigenvalue weighted by molar-refractivity contribution is -0.142. The van der Waals surface area contributed by atoms with Crippen molar-refractivity contribution in [2.45, 2.75) is 42.8 Å². The van der Waals surface area contributed by atoms with E-state index in [2.05, 4.69) is 10.4 Å². The number of carboxylic acids is 1. The minimum atomic E-state index is -1.17. The third-order valence-corrected chi connectivity index (χ3v) is 6.05. The van der Waals surface area contributed by atoms with Crippen LogP contribution in [0.15, 0.2) is 12.1 Å². The second kappa shape index (κ2) is 6.36. The molecule has 1 aromatic carbocycles. The van der Waals surface area contributed by atoms with Gasteiger partial charge in [-0.1, -0.05) is 6.07 Å². The Morgan fingerprint density at radius 2 is 2.18 bits per heavy atom. The van der Waals surface area contributed by atoms with Crippen molar-refractivity contribution in [3.8, 4) is 11.5 Å². The van der Waals surface area contributed by atoms with Crippen LogP contribution in [0, 0.1) is 0 Å². The van der Waals surface area contributed by atoms with E-state index in [-0.39, 0.29) is 53.0 Å². The normalized spacial score (nSPS) is 31.2. The Kier molecular flexibility index (Phi) is 3.78. The molecular formula is C18H21BN2O7. The van der Waals surface area contributed by atoms with Gasteiger partial charge in [0.2, 0.25) is 7.34 Å². The number of carboxylic acid groups (broad SMARTS) is 1. The standard InChI is InChI=1S/C18H21BN2O7/c22-8-3-13(20-5-8)17(23)21-6-9(7-21)27-14-2-1-10-11-4-12(11)19(26)28-16(10)15(14)18(24)25/h1-2,8-9,11-13,20,22,26H,3-7H2,(H,24,25)/t8-,11-,12-,13+/m1/s1/i22D. The highest BCUT2D eigenvalue weighted by molar-refractivity contribution is 6.48. The number of hydrogen-bond acceptors (Lipinski definition) is 7. The van der Waals surface area contributed by atoms with Crippen LogP contribution >= 0.6 is 0 Å². The minimum Gasteiger partial charge on any atom is -0.535 e. The fourth-order valence-corrected chi connectivity index (χ4v) is 4.38. The zero-order valence-corrected chi connectivity index (χ0v) is 15.0. The van der Waals surface area contributed by atoms with Gasteiger partial charge in [-0.05, 0) is 30.4 Å². The van der Waals surface area contributed by atoms with Gasteiger partial charge >= 0.3 is 13.1 Å². The molecule has 1 aromatic rings. The number of rotatable bonds is 5. The molecule has 3 fully saturated rings. The summed E-state index contributed by atoms with van der Waals surface area (Å²) in [6, 6.07) is 3.07. The fraction of sp³-hybridized carbons (Fsp3) is 0.556. The molecule has 0 bridgehead atoms. The average molecular weight is 389 g/mol. The molecule has 0 radical (unpaired) electrons. The van der Waals surface area contributed by atoms with Gasteiger partial charge in [-0.2, -0.15) is 0 Å². The molecule has 148 valence electrons. The Labute approximate surface area is 162 Å². The molecule has 4 atom stereocenters. The third kappa shape index (κ3) is 2.83. The Morgan fingerprint density at radius 3 is 2.89 bits per heavy atom. The first-order chi connectivity index (χ1) is 14.0. The van der Waals surface area contributed by atoms with Crippen LogP contribution in [0.5, 0.6) is 11.5 Å². The Bertz CT molecular complexity index is 865. The number of amides is 1. The molecule has 1 amide bonds. The van der Waals surface area contributed by atoms with Crippen LogP contribution < -0.4 is 14.7 Å². The highest BCUT2D eigenvalue weighted by Gasteiger charge is 2.54. The number of nitrogens with zero attached hydrogens (tertiary/aromatic N) is 1. The van der Waals surface area contributed by atoms with E-state index in [9.17, 15) is 19.7 Å². The van der Waals surface area contributed by atoms with E-state index in [0.717, 1.165) is 12.0 Å². The summed E-state index contributed by atoms with van der Waals surface area (Å²) < 4.78 is 18.3. The van der Waals surface area contributed by atoms with Gasteiger partial charge in [0.05, 0.1) is 25.2 Å². The van der Waals surface area contributed by atoms with Crippen molar-refractivity contribution in [3.05, 3.63) is 23.3 Å². The van der Waals surface area contributed by atoms with Crippen molar-refractivity contribution in [1.82, 2.24) is 10.2 Å². The largest absolute Gasteiger partial charge is 0.535 e. The van der Waals surface area contributed by atoms with E-state index in [0.29, 0.717) is 26.1 Å². The van der Waals surface area contributed by atoms with E-state index >= 15 is 0 Å². The van der Waals surface area contributed by atoms with E-state index in [1.165, 1.54) is 0 Å². The molecular weight excluding hydrogens is 367 g/mol. The second-order valence-corrected chi connectivity index (χ2v) is 7.98. The lowest BCUT2D eigenvalue weighted by Gasteiger charge is -2.40. The Balaban J connectivity index is 1.26. The summed E-state index contributed by atoms with van der Waals surface area (Å²) in [6.07, 6.45) is 0.642. The maximum Gasteiger partial charge on any atom is 0.526 e. The SMILES string of the molecule is [2H]O[C@H]1CN[C@H](C(=O)N2CC(Oc3ccc4c(c3C(=O)O)OB(O)[C@@H]3C[C@H]43)C2)C1. The number of aliphatic hydroxyl groups excluding tert-OH is 1. The van der Waals surface area contributed by atoms with Crippen molar-refractivity contribution in [1.29, 1.82) is 1.43 Å². The summed E-state index contributed by atoms with van der Waals surface area (Å²) in [6.45, 7) is 1.18. The van der Waals surface area contributed by atoms with Crippen molar-refractivity contribution < 1.29 is 34.2 Å². The number of ether oxygens (including phenoxy) is 1. The predicted octanol–water partition coefficient (Wildman–Crippen LogP) is -0.572. The van der Waals surface area contributed by atoms with Gasteiger partial charge < -0.3 is 34.8 Å². The van der Waals surface area contributed by atoms with Crippen molar-refractivity contribution in [2.75, 3.05) is 19.6 Å². The number of aromatic carboxylic acids is 1. The van der Waals surface area contributed by atoms with Gasteiger partial charge in [-0.3, -0.25) is 4.79 Å². The van der Waals surface area contributed by atoms with Crippen molar-refractivity contribution >= 4 is 19.0 Å². The molecule has 4 aliphatic rings.